The number of aromatic nitrogens is 2. The first-order chi connectivity index (χ1) is 10.1. The highest BCUT2D eigenvalue weighted by Gasteiger charge is 2.16. The van der Waals surface area contributed by atoms with Crippen LogP contribution in [0.3, 0.4) is 0 Å². The first kappa shape index (κ1) is 16.5. The molecule has 21 heavy (non-hydrogen) atoms. The Morgan fingerprint density at radius 2 is 1.81 bits per heavy atom. The second kappa shape index (κ2) is 7.43. The van der Waals surface area contributed by atoms with E-state index in [1.807, 2.05) is 6.07 Å². The predicted octanol–water partition coefficient (Wildman–Crippen LogP) is 5.60. The fourth-order valence-corrected chi connectivity index (χ4v) is 3.08. The molecule has 1 aromatic carbocycles. The van der Waals surface area contributed by atoms with Gasteiger partial charge in [0, 0.05) is 6.54 Å². The molecule has 0 atom stereocenters. The van der Waals surface area contributed by atoms with Gasteiger partial charge in [-0.1, -0.05) is 43.1 Å². The Morgan fingerprint density at radius 3 is 2.38 bits per heavy atom. The van der Waals surface area contributed by atoms with Crippen LogP contribution in [0.15, 0.2) is 22.7 Å². The summed E-state index contributed by atoms with van der Waals surface area (Å²) in [5.41, 5.74) is 1.59. The van der Waals surface area contributed by atoms with Crippen LogP contribution in [-0.2, 0) is 6.42 Å². The second-order valence-electron chi connectivity index (χ2n) is 4.53. The lowest BCUT2D eigenvalue weighted by Crippen LogP contribution is -2.07. The molecule has 0 saturated carbocycles. The molecule has 2 aromatic rings. The smallest absolute Gasteiger partial charge is 0.164 e. The molecule has 112 valence electrons. The van der Waals surface area contributed by atoms with E-state index < -0.39 is 0 Å². The van der Waals surface area contributed by atoms with Crippen molar-refractivity contribution in [1.29, 1.82) is 0 Å². The van der Waals surface area contributed by atoms with Crippen molar-refractivity contribution in [3.8, 4) is 11.4 Å². The van der Waals surface area contributed by atoms with E-state index >= 15 is 0 Å². The molecule has 0 spiro atoms. The summed E-state index contributed by atoms with van der Waals surface area (Å²) in [6, 6.07) is 5.39. The van der Waals surface area contributed by atoms with Crippen LogP contribution in [0.4, 0.5) is 5.82 Å². The van der Waals surface area contributed by atoms with Gasteiger partial charge >= 0.3 is 0 Å². The van der Waals surface area contributed by atoms with E-state index in [9.17, 15) is 0 Å². The van der Waals surface area contributed by atoms with Gasteiger partial charge in [0.1, 0.15) is 5.82 Å². The quantitative estimate of drug-likeness (QED) is 0.724. The number of aryl methyl sites for hydroxylation is 1. The van der Waals surface area contributed by atoms with E-state index in [1.54, 1.807) is 12.1 Å². The van der Waals surface area contributed by atoms with Gasteiger partial charge in [-0.25, -0.2) is 9.97 Å². The van der Waals surface area contributed by atoms with Gasteiger partial charge in [0.15, 0.2) is 5.82 Å². The van der Waals surface area contributed by atoms with Gasteiger partial charge in [-0.2, -0.15) is 0 Å². The predicted molar refractivity (Wildman–Crippen MR) is 93.3 cm³/mol. The van der Waals surface area contributed by atoms with E-state index in [4.69, 9.17) is 23.2 Å². The van der Waals surface area contributed by atoms with Gasteiger partial charge < -0.3 is 5.32 Å². The fraction of sp³-hybridized carbons (Fsp3) is 0.333. The zero-order valence-corrected chi connectivity index (χ0v) is 15.0. The molecule has 0 aliphatic heterocycles. The number of nitrogens with zero attached hydrogens (tertiary/aromatic N) is 2. The molecule has 0 radical (unpaired) electrons. The van der Waals surface area contributed by atoms with Gasteiger partial charge in [-0.15, -0.1) is 0 Å². The monoisotopic (exact) mass is 387 g/mol. The number of rotatable bonds is 5. The summed E-state index contributed by atoms with van der Waals surface area (Å²) in [5, 5.41) is 4.40. The minimum atomic E-state index is 0.546. The normalized spacial score (nSPS) is 10.7. The van der Waals surface area contributed by atoms with Crippen LogP contribution in [0.5, 0.6) is 0 Å². The lowest BCUT2D eigenvalue weighted by Gasteiger charge is -2.13. The van der Waals surface area contributed by atoms with Crippen LogP contribution in [-0.4, -0.2) is 16.5 Å². The van der Waals surface area contributed by atoms with Crippen LogP contribution in [0, 0.1) is 0 Å². The maximum absolute atomic E-state index is 6.26. The molecule has 0 fully saturated rings. The molecule has 0 bridgehead atoms. The molecular weight excluding hydrogens is 373 g/mol. The number of hydrogen-bond donors (Lipinski definition) is 1. The van der Waals surface area contributed by atoms with Gasteiger partial charge in [0.05, 0.1) is 25.8 Å². The highest BCUT2D eigenvalue weighted by atomic mass is 79.9. The standard InChI is InChI=1S/C15H16BrCl2N3/c1-3-8-19-15-13(16)11(4-2)20-14(21-15)12-9(17)6-5-7-10(12)18/h5-7H,3-4,8H2,1-2H3,(H,19,20,21). The molecule has 1 aromatic heterocycles. The number of hydrogen-bond acceptors (Lipinski definition) is 3. The first-order valence-corrected chi connectivity index (χ1v) is 8.38. The lowest BCUT2D eigenvalue weighted by molar-refractivity contribution is 0.944. The van der Waals surface area contributed by atoms with E-state index in [0.717, 1.165) is 35.4 Å². The molecule has 0 aliphatic rings. The third kappa shape index (κ3) is 3.68. The zero-order valence-electron chi connectivity index (χ0n) is 11.9. The Bertz CT molecular complexity index is 627. The average molecular weight is 389 g/mol. The van der Waals surface area contributed by atoms with Crippen molar-refractivity contribution in [2.45, 2.75) is 26.7 Å². The van der Waals surface area contributed by atoms with Crippen molar-refractivity contribution in [2.75, 3.05) is 11.9 Å². The van der Waals surface area contributed by atoms with E-state index in [-0.39, 0.29) is 0 Å². The van der Waals surface area contributed by atoms with Crippen LogP contribution in [0.25, 0.3) is 11.4 Å². The Morgan fingerprint density at radius 1 is 1.14 bits per heavy atom. The first-order valence-electron chi connectivity index (χ1n) is 6.83. The molecule has 2 rings (SSSR count). The average Bonchev–Trinajstić information content (AvgIpc) is 2.47. The maximum Gasteiger partial charge on any atom is 0.164 e. The minimum absolute atomic E-state index is 0.546. The number of anilines is 1. The SMILES string of the molecule is CCCNc1nc(-c2c(Cl)cccc2Cl)nc(CC)c1Br. The molecular formula is C15H16BrCl2N3. The van der Waals surface area contributed by atoms with Crippen LogP contribution >= 0.6 is 39.1 Å². The van der Waals surface area contributed by atoms with E-state index in [2.05, 4.69) is 45.1 Å². The van der Waals surface area contributed by atoms with Gasteiger partial charge in [-0.05, 0) is 40.9 Å². The minimum Gasteiger partial charge on any atom is -0.369 e. The Labute approximate surface area is 143 Å². The molecule has 0 aliphatic carbocycles. The van der Waals surface area contributed by atoms with Crippen molar-refractivity contribution in [3.63, 3.8) is 0 Å². The maximum atomic E-state index is 6.26. The molecule has 1 N–H and O–H groups in total. The summed E-state index contributed by atoms with van der Waals surface area (Å²) >= 11 is 16.1. The third-order valence-corrected chi connectivity index (χ3v) is 4.45. The Balaban J connectivity index is 2.58. The summed E-state index contributed by atoms with van der Waals surface area (Å²) in [4.78, 5) is 9.16. The van der Waals surface area contributed by atoms with Gasteiger partial charge in [0.2, 0.25) is 0 Å². The molecule has 3 nitrogen and oxygen atoms in total. The van der Waals surface area contributed by atoms with Crippen molar-refractivity contribution >= 4 is 44.9 Å². The summed E-state index contributed by atoms with van der Waals surface area (Å²) in [6.07, 6.45) is 1.80. The number of nitrogens with one attached hydrogen (secondary N) is 1. The topological polar surface area (TPSA) is 37.8 Å². The highest BCUT2D eigenvalue weighted by Crippen LogP contribution is 2.35. The summed E-state index contributed by atoms with van der Waals surface area (Å²) in [5.74, 6) is 1.32. The molecule has 0 saturated heterocycles. The number of benzene rings is 1. The Kier molecular flexibility index (Phi) is 5.85. The van der Waals surface area contributed by atoms with Gasteiger partial charge in [0.25, 0.3) is 0 Å². The summed E-state index contributed by atoms with van der Waals surface area (Å²) in [7, 11) is 0. The van der Waals surface area contributed by atoms with Gasteiger partial charge in [-0.3, -0.25) is 0 Å². The van der Waals surface area contributed by atoms with E-state index in [1.165, 1.54) is 0 Å². The largest absolute Gasteiger partial charge is 0.369 e. The molecule has 6 heteroatoms. The molecule has 0 amide bonds. The van der Waals surface area contributed by atoms with Crippen LogP contribution in [0.2, 0.25) is 10.0 Å². The third-order valence-electron chi connectivity index (χ3n) is 2.98. The fourth-order valence-electron chi connectivity index (χ4n) is 1.91. The van der Waals surface area contributed by atoms with Crippen LogP contribution in [0.1, 0.15) is 26.0 Å². The van der Waals surface area contributed by atoms with Crippen molar-refractivity contribution < 1.29 is 0 Å². The van der Waals surface area contributed by atoms with Crippen molar-refractivity contribution in [3.05, 3.63) is 38.4 Å². The molecule has 0 unspecified atom stereocenters. The summed E-state index contributed by atoms with van der Waals surface area (Å²) in [6.45, 7) is 5.00. The molecule has 1 heterocycles. The highest BCUT2D eigenvalue weighted by molar-refractivity contribution is 9.10. The Hall–Kier alpha value is -0.840. The zero-order chi connectivity index (χ0) is 15.4. The van der Waals surface area contributed by atoms with Crippen LogP contribution < -0.4 is 5.32 Å². The van der Waals surface area contributed by atoms with Crippen molar-refractivity contribution in [1.82, 2.24) is 9.97 Å². The van der Waals surface area contributed by atoms with Crippen molar-refractivity contribution in [2.24, 2.45) is 0 Å². The summed E-state index contributed by atoms with van der Waals surface area (Å²) < 4.78 is 0.894. The lowest BCUT2D eigenvalue weighted by atomic mass is 10.2. The van der Waals surface area contributed by atoms with E-state index in [0.29, 0.717) is 21.4 Å². The second-order valence-corrected chi connectivity index (χ2v) is 6.14. The number of halogens is 3.